The minimum Gasteiger partial charge on any atom is -0.466 e. The summed E-state index contributed by atoms with van der Waals surface area (Å²) in [5.41, 5.74) is 1.78. The zero-order valence-corrected chi connectivity index (χ0v) is 13.3. The summed E-state index contributed by atoms with van der Waals surface area (Å²) < 4.78 is 4.80. The quantitative estimate of drug-likeness (QED) is 0.334. The van der Waals surface area contributed by atoms with Crippen molar-refractivity contribution in [3.63, 3.8) is 0 Å². The molecule has 0 bridgehead atoms. The maximum Gasteiger partial charge on any atom is 0.313 e. The van der Waals surface area contributed by atoms with Gasteiger partial charge in [0.1, 0.15) is 6.42 Å². The normalized spacial score (nSPS) is 10.2. The smallest absolute Gasteiger partial charge is 0.313 e. The number of Topliss-reactive ketones (excluding diaryl/α,β-unsaturated/α-hetero) is 1. The molecule has 4 heteroatoms. The lowest BCUT2D eigenvalue weighted by Crippen LogP contribution is -2.11. The molecular formula is C18H18O3S. The molecule has 0 amide bonds. The first-order valence-electron chi connectivity index (χ1n) is 7.14. The van der Waals surface area contributed by atoms with Gasteiger partial charge >= 0.3 is 5.97 Å². The third-order valence-corrected chi connectivity index (χ3v) is 4.08. The zero-order valence-electron chi connectivity index (χ0n) is 12.5. The molecule has 0 aromatic heterocycles. The van der Waals surface area contributed by atoms with Gasteiger partial charge in [-0.15, -0.1) is 11.8 Å². The predicted octanol–water partition coefficient (Wildman–Crippen LogP) is 4.11. The van der Waals surface area contributed by atoms with Gasteiger partial charge in [-0.05, 0) is 24.6 Å². The second kappa shape index (κ2) is 8.39. The lowest BCUT2D eigenvalue weighted by atomic mass is 10.1. The second-order valence-corrected chi connectivity index (χ2v) is 5.76. The number of esters is 1. The molecule has 22 heavy (non-hydrogen) atoms. The van der Waals surface area contributed by atoms with Crippen molar-refractivity contribution in [1.29, 1.82) is 0 Å². The zero-order chi connectivity index (χ0) is 15.8. The van der Waals surface area contributed by atoms with E-state index in [1.54, 1.807) is 24.8 Å². The van der Waals surface area contributed by atoms with Crippen LogP contribution in [0.3, 0.4) is 0 Å². The Labute approximate surface area is 134 Å². The molecule has 0 atom stereocenters. The van der Waals surface area contributed by atoms with Crippen molar-refractivity contribution in [2.45, 2.75) is 24.0 Å². The van der Waals surface area contributed by atoms with Crippen molar-refractivity contribution in [3.05, 3.63) is 65.7 Å². The van der Waals surface area contributed by atoms with E-state index in [4.69, 9.17) is 4.74 Å². The first-order valence-corrected chi connectivity index (χ1v) is 8.13. The van der Waals surface area contributed by atoms with Crippen LogP contribution in [0, 0.1) is 0 Å². The highest BCUT2D eigenvalue weighted by Gasteiger charge is 2.13. The summed E-state index contributed by atoms with van der Waals surface area (Å²) in [4.78, 5) is 24.4. The van der Waals surface area contributed by atoms with Crippen LogP contribution < -0.4 is 0 Å². The minimum atomic E-state index is -0.477. The van der Waals surface area contributed by atoms with Crippen molar-refractivity contribution in [1.82, 2.24) is 0 Å². The van der Waals surface area contributed by atoms with E-state index in [1.165, 1.54) is 5.56 Å². The van der Waals surface area contributed by atoms with Gasteiger partial charge in [-0.25, -0.2) is 0 Å². The number of ketones is 1. The molecule has 2 aromatic rings. The Morgan fingerprint density at radius 3 is 2.55 bits per heavy atom. The predicted molar refractivity (Wildman–Crippen MR) is 88.0 cm³/mol. The van der Waals surface area contributed by atoms with E-state index in [2.05, 4.69) is 12.1 Å². The maximum atomic E-state index is 12.0. The fourth-order valence-electron chi connectivity index (χ4n) is 1.95. The fraction of sp³-hybridized carbons (Fsp3) is 0.222. The maximum absolute atomic E-state index is 12.0. The van der Waals surface area contributed by atoms with Gasteiger partial charge in [-0.1, -0.05) is 42.5 Å². The Balaban J connectivity index is 1.97. The average molecular weight is 314 g/mol. The van der Waals surface area contributed by atoms with Crippen LogP contribution in [0.1, 0.15) is 29.3 Å². The molecule has 3 nitrogen and oxygen atoms in total. The Bertz CT molecular complexity index is 638. The number of hydrogen-bond acceptors (Lipinski definition) is 4. The molecule has 0 spiro atoms. The Morgan fingerprint density at radius 2 is 1.82 bits per heavy atom. The summed E-state index contributed by atoms with van der Waals surface area (Å²) in [5, 5.41) is 0. The van der Waals surface area contributed by atoms with Crippen LogP contribution in [0.2, 0.25) is 0 Å². The molecule has 0 fully saturated rings. The van der Waals surface area contributed by atoms with E-state index in [0.29, 0.717) is 12.2 Å². The van der Waals surface area contributed by atoms with Gasteiger partial charge in [0, 0.05) is 16.2 Å². The van der Waals surface area contributed by atoms with Crippen molar-refractivity contribution in [3.8, 4) is 0 Å². The van der Waals surface area contributed by atoms with Crippen LogP contribution in [-0.2, 0) is 15.3 Å². The molecule has 0 unspecified atom stereocenters. The van der Waals surface area contributed by atoms with E-state index in [1.807, 2.05) is 36.4 Å². The van der Waals surface area contributed by atoms with Crippen LogP contribution >= 0.6 is 11.8 Å². The van der Waals surface area contributed by atoms with Gasteiger partial charge in [0.25, 0.3) is 0 Å². The summed E-state index contributed by atoms with van der Waals surface area (Å²) >= 11 is 1.67. The van der Waals surface area contributed by atoms with Gasteiger partial charge in [-0.2, -0.15) is 0 Å². The van der Waals surface area contributed by atoms with Crippen LogP contribution in [0.5, 0.6) is 0 Å². The topological polar surface area (TPSA) is 43.4 Å². The van der Waals surface area contributed by atoms with Crippen molar-refractivity contribution in [2.75, 3.05) is 6.61 Å². The molecule has 0 N–H and O–H groups in total. The Hall–Kier alpha value is -2.07. The molecule has 0 radical (unpaired) electrons. The van der Waals surface area contributed by atoms with Crippen LogP contribution in [-0.4, -0.2) is 18.4 Å². The number of carbonyl (C=O) groups excluding carboxylic acids is 2. The largest absolute Gasteiger partial charge is 0.466 e. The highest BCUT2D eigenvalue weighted by molar-refractivity contribution is 7.98. The van der Waals surface area contributed by atoms with Crippen LogP contribution in [0.15, 0.2) is 59.5 Å². The first-order chi connectivity index (χ1) is 10.7. The minimum absolute atomic E-state index is 0.208. The summed E-state index contributed by atoms with van der Waals surface area (Å²) in [5.74, 6) is 0.159. The third kappa shape index (κ3) is 5.04. The monoisotopic (exact) mass is 314 g/mol. The number of ether oxygens (including phenoxy) is 1. The number of thioether (sulfide) groups is 1. The molecule has 0 aliphatic rings. The van der Waals surface area contributed by atoms with Gasteiger partial charge < -0.3 is 4.74 Å². The lowest BCUT2D eigenvalue weighted by Gasteiger charge is -2.05. The van der Waals surface area contributed by atoms with Gasteiger partial charge in [0.05, 0.1) is 6.61 Å². The van der Waals surface area contributed by atoms with Gasteiger partial charge in [0.15, 0.2) is 5.78 Å². The molecule has 0 saturated heterocycles. The number of rotatable bonds is 7. The Morgan fingerprint density at radius 1 is 1.05 bits per heavy atom. The van der Waals surface area contributed by atoms with Crippen LogP contribution in [0.25, 0.3) is 0 Å². The SMILES string of the molecule is CCOC(=O)CC(=O)c1cccc(SCc2ccccc2)c1. The van der Waals surface area contributed by atoms with E-state index in [9.17, 15) is 9.59 Å². The molecular weight excluding hydrogens is 296 g/mol. The van der Waals surface area contributed by atoms with Gasteiger partial charge in [0.2, 0.25) is 0 Å². The van der Waals surface area contributed by atoms with Crippen LogP contribution in [0.4, 0.5) is 0 Å². The summed E-state index contributed by atoms with van der Waals surface area (Å²) in [6.07, 6.45) is -0.208. The number of carbonyl (C=O) groups is 2. The second-order valence-electron chi connectivity index (χ2n) is 4.71. The molecule has 0 aliphatic carbocycles. The third-order valence-electron chi connectivity index (χ3n) is 3.01. The summed E-state index contributed by atoms with van der Waals surface area (Å²) in [7, 11) is 0. The highest BCUT2D eigenvalue weighted by atomic mass is 32.2. The van der Waals surface area contributed by atoms with Crippen molar-refractivity contribution in [2.24, 2.45) is 0 Å². The highest BCUT2D eigenvalue weighted by Crippen LogP contribution is 2.24. The van der Waals surface area contributed by atoms with Crippen molar-refractivity contribution < 1.29 is 14.3 Å². The Kier molecular flexibility index (Phi) is 6.22. The molecule has 2 aromatic carbocycles. The number of hydrogen-bond donors (Lipinski definition) is 0. The fourth-order valence-corrected chi connectivity index (χ4v) is 2.86. The van der Waals surface area contributed by atoms with Gasteiger partial charge in [-0.3, -0.25) is 9.59 Å². The average Bonchev–Trinajstić information content (AvgIpc) is 2.54. The molecule has 2 rings (SSSR count). The summed E-state index contributed by atoms with van der Waals surface area (Å²) in [6.45, 7) is 2.02. The summed E-state index contributed by atoms with van der Waals surface area (Å²) in [6, 6.07) is 17.5. The molecule has 0 aliphatic heterocycles. The van der Waals surface area contributed by atoms with E-state index in [0.717, 1.165) is 10.6 Å². The standard InChI is InChI=1S/C18H18O3S/c1-2-21-18(20)12-17(19)15-9-6-10-16(11-15)22-13-14-7-4-3-5-8-14/h3-11H,2,12-13H2,1H3. The first kappa shape index (κ1) is 16.3. The van der Waals surface area contributed by atoms with E-state index in [-0.39, 0.29) is 12.2 Å². The van der Waals surface area contributed by atoms with E-state index < -0.39 is 5.97 Å². The van der Waals surface area contributed by atoms with E-state index >= 15 is 0 Å². The molecule has 0 saturated carbocycles. The lowest BCUT2D eigenvalue weighted by molar-refractivity contribution is -0.141. The molecule has 0 heterocycles. The van der Waals surface area contributed by atoms with Crippen molar-refractivity contribution >= 4 is 23.5 Å². The molecule has 114 valence electrons. The number of benzene rings is 2.